The van der Waals surface area contributed by atoms with Gasteiger partial charge in [-0.05, 0) is 49.8 Å². The summed E-state index contributed by atoms with van der Waals surface area (Å²) < 4.78 is 0. The minimum absolute atomic E-state index is 0.0302. The van der Waals surface area contributed by atoms with E-state index >= 15 is 0 Å². The van der Waals surface area contributed by atoms with Crippen LogP contribution in [0.2, 0.25) is 0 Å². The number of terminal acetylenes is 1. The van der Waals surface area contributed by atoms with Crippen LogP contribution in [0.3, 0.4) is 0 Å². The first kappa shape index (κ1) is 42.7. The summed E-state index contributed by atoms with van der Waals surface area (Å²) in [4.78, 5) is 50.2. The maximum atomic E-state index is 14.2. The third-order valence-electron chi connectivity index (χ3n) is 10.5. The summed E-state index contributed by atoms with van der Waals surface area (Å²) in [5, 5.41) is 30.2. The van der Waals surface area contributed by atoms with E-state index in [9.17, 15) is 24.6 Å². The average molecular weight is 758 g/mol. The lowest BCUT2D eigenvalue weighted by molar-refractivity contribution is -0.137. The zero-order valence-electron chi connectivity index (χ0n) is 31.9. The molecule has 54 heavy (non-hydrogen) atoms. The van der Waals surface area contributed by atoms with Crippen LogP contribution in [0.25, 0.3) is 0 Å². The average Bonchev–Trinajstić information content (AvgIpc) is 3.70. The number of thiazole rings is 1. The minimum atomic E-state index is -1.20. The van der Waals surface area contributed by atoms with Crippen molar-refractivity contribution in [2.45, 2.75) is 108 Å². The number of rotatable bonds is 22. The summed E-state index contributed by atoms with van der Waals surface area (Å²) >= 11 is 1.40. The Hall–Kier alpha value is -4.08. The Labute approximate surface area is 325 Å². The van der Waals surface area contributed by atoms with Crippen LogP contribution in [-0.4, -0.2) is 94.2 Å². The molecule has 1 fully saturated rings. The zero-order chi connectivity index (χ0) is 38.7. The van der Waals surface area contributed by atoms with Crippen LogP contribution in [0.4, 0.5) is 0 Å². The third-order valence-corrected chi connectivity index (χ3v) is 11.1. The van der Waals surface area contributed by atoms with Gasteiger partial charge in [-0.15, -0.1) is 23.7 Å². The van der Waals surface area contributed by atoms with Crippen molar-refractivity contribution < 1.29 is 24.6 Å². The van der Waals surface area contributed by atoms with Crippen LogP contribution in [-0.2, 0) is 33.8 Å². The zero-order valence-corrected chi connectivity index (χ0v) is 32.8. The molecular formula is C43H59N5O5S. The quantitative estimate of drug-likeness (QED) is 0.0839. The molecule has 11 heteroatoms. The SMILES string of the molecule is C#CCCC[C@H](O)[C@H](O)[C@H](CC1CCCCC1)NC(=O)[C@H](Cc1cscn1)NC(=O)[C@@H](CC(=O)N(C)CCN(C)Cc1ccccc1)Cc1ccccc1. The summed E-state index contributed by atoms with van der Waals surface area (Å²) in [5.74, 6) is 1.11. The van der Waals surface area contributed by atoms with Crippen molar-refractivity contribution in [3.8, 4) is 12.3 Å². The van der Waals surface area contributed by atoms with Gasteiger partial charge < -0.3 is 30.6 Å². The first-order valence-corrected chi connectivity index (χ1v) is 20.3. The Morgan fingerprint density at radius 3 is 2.26 bits per heavy atom. The number of amides is 3. The number of unbranched alkanes of at least 4 members (excludes halogenated alkanes) is 1. The molecule has 4 N–H and O–H groups in total. The fraction of sp³-hybridized carbons (Fsp3) is 0.535. The van der Waals surface area contributed by atoms with E-state index in [1.165, 1.54) is 23.3 Å². The first-order valence-electron chi connectivity index (χ1n) is 19.4. The molecule has 0 aliphatic heterocycles. The van der Waals surface area contributed by atoms with Crippen molar-refractivity contribution in [2.75, 3.05) is 27.2 Å². The number of benzene rings is 2. The summed E-state index contributed by atoms with van der Waals surface area (Å²) in [5.41, 5.74) is 4.42. The summed E-state index contributed by atoms with van der Waals surface area (Å²) in [6.45, 7) is 1.92. The van der Waals surface area contributed by atoms with Gasteiger partial charge in [0.25, 0.3) is 0 Å². The molecule has 3 aromatic rings. The normalized spacial score (nSPS) is 16.1. The lowest BCUT2D eigenvalue weighted by atomic mass is 9.82. The van der Waals surface area contributed by atoms with Crippen LogP contribution in [0.5, 0.6) is 0 Å². The second-order valence-corrected chi connectivity index (χ2v) is 15.6. The van der Waals surface area contributed by atoms with Gasteiger partial charge in [0, 0.05) is 51.3 Å². The fourth-order valence-electron chi connectivity index (χ4n) is 7.19. The number of aliphatic hydroxyl groups excluding tert-OH is 2. The Bertz CT molecular complexity index is 1580. The molecule has 4 rings (SSSR count). The molecule has 0 spiro atoms. The Balaban J connectivity index is 1.48. The van der Waals surface area contributed by atoms with Gasteiger partial charge in [0.05, 0.1) is 35.4 Å². The highest BCUT2D eigenvalue weighted by molar-refractivity contribution is 7.07. The van der Waals surface area contributed by atoms with Gasteiger partial charge >= 0.3 is 0 Å². The standard InChI is InChI=1S/C43H59N5O5S/c1-4-5-9-22-39(49)41(51)37(26-33-18-12-7-13-19-33)45-43(53)38(28-36-30-54-31-44-36)46-42(52)35(25-32-16-10-6-11-17-32)27-40(50)48(3)24-23-47(2)29-34-20-14-8-15-21-34/h1,6,8,10-11,14-17,20-21,30-31,33,35,37-39,41,49,51H,5,7,9,12-13,18-19,22-29H2,2-3H3,(H,45,53)(H,46,52)/t35-,37+,38+,39+,41-/m1/s1. The molecule has 5 atom stereocenters. The smallest absolute Gasteiger partial charge is 0.243 e. The van der Waals surface area contributed by atoms with Crippen molar-refractivity contribution in [2.24, 2.45) is 11.8 Å². The molecule has 0 unspecified atom stereocenters. The number of aromatic nitrogens is 1. The molecule has 3 amide bonds. The van der Waals surface area contributed by atoms with Gasteiger partial charge in [-0.2, -0.15) is 0 Å². The Morgan fingerprint density at radius 1 is 0.926 bits per heavy atom. The predicted octanol–water partition coefficient (Wildman–Crippen LogP) is 4.99. The van der Waals surface area contributed by atoms with Gasteiger partial charge in [-0.25, -0.2) is 4.98 Å². The third kappa shape index (κ3) is 14.6. The number of hydrogen-bond acceptors (Lipinski definition) is 8. The van der Waals surface area contributed by atoms with Gasteiger partial charge in [-0.3, -0.25) is 14.4 Å². The van der Waals surface area contributed by atoms with Gasteiger partial charge in [0.2, 0.25) is 17.7 Å². The molecule has 0 bridgehead atoms. The largest absolute Gasteiger partial charge is 0.390 e. The number of nitrogens with zero attached hydrogens (tertiary/aromatic N) is 3. The molecule has 1 aliphatic rings. The van der Waals surface area contributed by atoms with Crippen molar-refractivity contribution in [1.29, 1.82) is 0 Å². The molecule has 0 radical (unpaired) electrons. The molecule has 1 heterocycles. The lowest BCUT2D eigenvalue weighted by Gasteiger charge is -2.33. The Kier molecular flexibility index (Phi) is 18.2. The first-order chi connectivity index (χ1) is 26.1. The molecule has 1 aromatic heterocycles. The molecular weight excluding hydrogens is 699 g/mol. The maximum Gasteiger partial charge on any atom is 0.243 e. The maximum absolute atomic E-state index is 14.2. The number of aliphatic hydroxyl groups is 2. The number of carbonyl (C=O) groups is 3. The number of likely N-dealkylation sites (N-methyl/N-ethyl adjacent to an activating group) is 2. The van der Waals surface area contributed by atoms with Crippen LogP contribution in [0, 0.1) is 24.2 Å². The highest BCUT2D eigenvalue weighted by atomic mass is 32.1. The van der Waals surface area contributed by atoms with Crippen molar-refractivity contribution >= 4 is 29.1 Å². The van der Waals surface area contributed by atoms with E-state index in [1.54, 1.807) is 17.5 Å². The van der Waals surface area contributed by atoms with Crippen LogP contribution >= 0.6 is 11.3 Å². The Morgan fingerprint density at radius 2 is 1.61 bits per heavy atom. The number of nitrogens with one attached hydrogen (secondary N) is 2. The minimum Gasteiger partial charge on any atom is -0.390 e. The summed E-state index contributed by atoms with van der Waals surface area (Å²) in [7, 11) is 3.77. The van der Waals surface area contributed by atoms with E-state index < -0.39 is 42.0 Å². The van der Waals surface area contributed by atoms with E-state index in [2.05, 4.69) is 38.6 Å². The van der Waals surface area contributed by atoms with Gasteiger partial charge in [-0.1, -0.05) is 92.8 Å². The van der Waals surface area contributed by atoms with Crippen LogP contribution < -0.4 is 10.6 Å². The predicted molar refractivity (Wildman–Crippen MR) is 214 cm³/mol. The fourth-order valence-corrected chi connectivity index (χ4v) is 7.76. The molecule has 1 aliphatic carbocycles. The van der Waals surface area contributed by atoms with Crippen LogP contribution in [0.1, 0.15) is 81.0 Å². The molecule has 292 valence electrons. The molecule has 10 nitrogen and oxygen atoms in total. The second-order valence-electron chi connectivity index (χ2n) is 14.9. The number of hydrogen-bond donors (Lipinski definition) is 4. The number of carbonyl (C=O) groups excluding carboxylic acids is 3. The highest BCUT2D eigenvalue weighted by Crippen LogP contribution is 2.29. The van der Waals surface area contributed by atoms with E-state index in [1.807, 2.05) is 61.0 Å². The highest BCUT2D eigenvalue weighted by Gasteiger charge is 2.34. The molecule has 0 saturated heterocycles. The van der Waals surface area contributed by atoms with Crippen molar-refractivity contribution in [1.82, 2.24) is 25.4 Å². The summed E-state index contributed by atoms with van der Waals surface area (Å²) in [6.07, 6.45) is 10.8. The molecule has 2 aromatic carbocycles. The van der Waals surface area contributed by atoms with E-state index in [0.29, 0.717) is 56.8 Å². The van der Waals surface area contributed by atoms with E-state index in [-0.39, 0.29) is 18.7 Å². The van der Waals surface area contributed by atoms with Gasteiger partial charge in [0.15, 0.2) is 0 Å². The van der Waals surface area contributed by atoms with Crippen molar-refractivity contribution in [3.63, 3.8) is 0 Å². The molecule has 1 saturated carbocycles. The van der Waals surface area contributed by atoms with Crippen LogP contribution in [0.15, 0.2) is 71.6 Å². The van der Waals surface area contributed by atoms with E-state index in [4.69, 9.17) is 6.42 Å². The van der Waals surface area contributed by atoms with Crippen molar-refractivity contribution in [3.05, 3.63) is 88.4 Å². The second kappa shape index (κ2) is 23.0. The van der Waals surface area contributed by atoms with E-state index in [0.717, 1.165) is 37.8 Å². The summed E-state index contributed by atoms with van der Waals surface area (Å²) in [6, 6.07) is 18.0. The topological polar surface area (TPSA) is 135 Å². The van der Waals surface area contributed by atoms with Gasteiger partial charge in [0.1, 0.15) is 6.04 Å². The monoisotopic (exact) mass is 757 g/mol. The lowest BCUT2D eigenvalue weighted by Crippen LogP contribution is -2.56.